The molecule has 1 unspecified atom stereocenters. The molecule has 22 heavy (non-hydrogen) atoms. The number of sulfonamides is 1. The first-order valence-corrected chi connectivity index (χ1v) is 9.26. The normalized spacial score (nSPS) is 18.5. The van der Waals surface area contributed by atoms with Crippen molar-refractivity contribution in [2.75, 3.05) is 32.8 Å². The van der Waals surface area contributed by atoms with Crippen LogP contribution in [-0.2, 0) is 14.8 Å². The molecule has 1 aromatic carbocycles. The van der Waals surface area contributed by atoms with E-state index in [-0.39, 0.29) is 6.04 Å². The van der Waals surface area contributed by atoms with E-state index in [1.165, 1.54) is 0 Å². The summed E-state index contributed by atoms with van der Waals surface area (Å²) >= 11 is 0. The Bertz CT molecular complexity index is 564. The van der Waals surface area contributed by atoms with Crippen molar-refractivity contribution in [3.8, 4) is 0 Å². The first kappa shape index (κ1) is 17.4. The second-order valence-corrected chi connectivity index (χ2v) is 7.89. The van der Waals surface area contributed by atoms with Crippen molar-refractivity contribution in [1.29, 1.82) is 0 Å². The van der Waals surface area contributed by atoms with Gasteiger partial charge in [0.25, 0.3) is 0 Å². The van der Waals surface area contributed by atoms with Gasteiger partial charge in [-0.2, -0.15) is 0 Å². The van der Waals surface area contributed by atoms with Gasteiger partial charge in [-0.15, -0.1) is 0 Å². The third kappa shape index (κ3) is 4.52. The predicted molar refractivity (Wildman–Crippen MR) is 87.4 cm³/mol. The van der Waals surface area contributed by atoms with Crippen LogP contribution < -0.4 is 4.72 Å². The number of ether oxygens (including phenoxy) is 1. The first-order chi connectivity index (χ1) is 10.4. The molecule has 1 heterocycles. The number of hydrogen-bond donors (Lipinski definition) is 1. The molecule has 1 saturated heterocycles. The fraction of sp³-hybridized carbons (Fsp3) is 0.625. The maximum Gasteiger partial charge on any atom is 0.240 e. The average Bonchev–Trinajstić information content (AvgIpc) is 2.48. The fourth-order valence-corrected chi connectivity index (χ4v) is 3.74. The minimum atomic E-state index is -3.45. The van der Waals surface area contributed by atoms with E-state index >= 15 is 0 Å². The molecular weight excluding hydrogens is 300 g/mol. The third-order valence-electron chi connectivity index (χ3n) is 4.10. The van der Waals surface area contributed by atoms with Gasteiger partial charge >= 0.3 is 0 Å². The number of aryl methyl sites for hydroxylation is 1. The van der Waals surface area contributed by atoms with Gasteiger partial charge in [0.2, 0.25) is 10.0 Å². The zero-order valence-corrected chi connectivity index (χ0v) is 14.4. The fourth-order valence-electron chi connectivity index (χ4n) is 2.69. The van der Waals surface area contributed by atoms with Crippen molar-refractivity contribution in [2.45, 2.75) is 31.7 Å². The number of hydrogen-bond acceptors (Lipinski definition) is 4. The predicted octanol–water partition coefficient (Wildman–Crippen LogP) is 1.63. The Hall–Kier alpha value is -0.950. The topological polar surface area (TPSA) is 58.6 Å². The lowest BCUT2D eigenvalue weighted by Gasteiger charge is -2.36. The van der Waals surface area contributed by atoms with Crippen LogP contribution in [0.2, 0.25) is 0 Å². The van der Waals surface area contributed by atoms with Gasteiger partial charge in [-0.05, 0) is 25.0 Å². The van der Waals surface area contributed by atoms with E-state index in [2.05, 4.69) is 23.5 Å². The summed E-state index contributed by atoms with van der Waals surface area (Å²) in [6, 6.07) is 7.12. The maximum absolute atomic E-state index is 12.4. The van der Waals surface area contributed by atoms with Crippen molar-refractivity contribution in [1.82, 2.24) is 9.62 Å². The summed E-state index contributed by atoms with van der Waals surface area (Å²) in [7, 11) is -3.45. The monoisotopic (exact) mass is 326 g/mol. The highest BCUT2D eigenvalue weighted by Crippen LogP contribution is 2.14. The zero-order valence-electron chi connectivity index (χ0n) is 13.6. The SMILES string of the molecule is Cc1ccc(S(=O)(=O)NCC(C(C)C)N2CCOCC2)cc1. The Kier molecular flexibility index (Phi) is 5.97. The van der Waals surface area contributed by atoms with Crippen molar-refractivity contribution in [3.05, 3.63) is 29.8 Å². The van der Waals surface area contributed by atoms with E-state index in [1.54, 1.807) is 12.1 Å². The molecule has 0 spiro atoms. The van der Waals surface area contributed by atoms with Gasteiger partial charge in [-0.25, -0.2) is 13.1 Å². The summed E-state index contributed by atoms with van der Waals surface area (Å²) in [4.78, 5) is 2.63. The van der Waals surface area contributed by atoms with Crippen LogP contribution in [0.1, 0.15) is 19.4 Å². The number of rotatable bonds is 6. The Morgan fingerprint density at radius 2 is 1.77 bits per heavy atom. The number of benzene rings is 1. The zero-order chi connectivity index (χ0) is 16.2. The molecule has 0 radical (unpaired) electrons. The average molecular weight is 326 g/mol. The molecule has 5 nitrogen and oxygen atoms in total. The maximum atomic E-state index is 12.4. The molecule has 1 aliphatic heterocycles. The summed E-state index contributed by atoms with van der Waals surface area (Å²) in [5.74, 6) is 0.374. The van der Waals surface area contributed by atoms with Crippen molar-refractivity contribution >= 4 is 10.0 Å². The standard InChI is InChI=1S/C16H26N2O3S/c1-13(2)16(18-8-10-21-11-9-18)12-17-22(19,20)15-6-4-14(3)5-7-15/h4-7,13,16-17H,8-12H2,1-3H3. The highest BCUT2D eigenvalue weighted by atomic mass is 32.2. The third-order valence-corrected chi connectivity index (χ3v) is 5.54. The van der Waals surface area contributed by atoms with Gasteiger partial charge in [0.1, 0.15) is 0 Å². The van der Waals surface area contributed by atoms with Gasteiger partial charge in [-0.3, -0.25) is 4.90 Å². The molecule has 2 rings (SSSR count). The Labute approximate surface area is 133 Å². The van der Waals surface area contributed by atoms with Gasteiger partial charge in [0.15, 0.2) is 0 Å². The van der Waals surface area contributed by atoms with E-state index < -0.39 is 10.0 Å². The number of morpholine rings is 1. The van der Waals surface area contributed by atoms with Crippen molar-refractivity contribution in [2.24, 2.45) is 5.92 Å². The van der Waals surface area contributed by atoms with Crippen LogP contribution in [0.25, 0.3) is 0 Å². The number of nitrogens with zero attached hydrogens (tertiary/aromatic N) is 1. The van der Waals surface area contributed by atoms with Crippen molar-refractivity contribution in [3.63, 3.8) is 0 Å². The van der Waals surface area contributed by atoms with E-state index in [0.717, 1.165) is 18.7 Å². The molecular formula is C16H26N2O3S. The second-order valence-electron chi connectivity index (χ2n) is 6.12. The second kappa shape index (κ2) is 7.55. The molecule has 1 N–H and O–H groups in total. The van der Waals surface area contributed by atoms with E-state index in [0.29, 0.717) is 30.6 Å². The van der Waals surface area contributed by atoms with Crippen LogP contribution in [0, 0.1) is 12.8 Å². The Balaban J connectivity index is 2.03. The molecule has 0 aromatic heterocycles. The van der Waals surface area contributed by atoms with Gasteiger partial charge in [0, 0.05) is 25.7 Å². The molecule has 124 valence electrons. The van der Waals surface area contributed by atoms with Crippen molar-refractivity contribution < 1.29 is 13.2 Å². The van der Waals surface area contributed by atoms with Gasteiger partial charge in [-0.1, -0.05) is 31.5 Å². The van der Waals surface area contributed by atoms with Crippen LogP contribution in [0.15, 0.2) is 29.2 Å². The minimum Gasteiger partial charge on any atom is -0.379 e. The van der Waals surface area contributed by atoms with Crippen LogP contribution in [0.3, 0.4) is 0 Å². The summed E-state index contributed by atoms with van der Waals surface area (Å²) in [6.45, 7) is 9.76. The number of nitrogens with one attached hydrogen (secondary N) is 1. The van der Waals surface area contributed by atoms with Gasteiger partial charge < -0.3 is 4.74 Å². The van der Waals surface area contributed by atoms with Crippen LogP contribution in [0.5, 0.6) is 0 Å². The van der Waals surface area contributed by atoms with Crippen LogP contribution >= 0.6 is 0 Å². The molecule has 1 aliphatic rings. The lowest BCUT2D eigenvalue weighted by atomic mass is 10.0. The molecule has 1 atom stereocenters. The molecule has 1 fully saturated rings. The highest BCUT2D eigenvalue weighted by Gasteiger charge is 2.25. The van der Waals surface area contributed by atoms with E-state index in [9.17, 15) is 8.42 Å². The smallest absolute Gasteiger partial charge is 0.240 e. The minimum absolute atomic E-state index is 0.184. The molecule has 1 aromatic rings. The quantitative estimate of drug-likeness (QED) is 0.863. The van der Waals surface area contributed by atoms with Gasteiger partial charge in [0.05, 0.1) is 18.1 Å². The highest BCUT2D eigenvalue weighted by molar-refractivity contribution is 7.89. The summed E-state index contributed by atoms with van der Waals surface area (Å²) in [5, 5.41) is 0. The van der Waals surface area contributed by atoms with Crippen LogP contribution in [-0.4, -0.2) is 52.2 Å². The Morgan fingerprint density at radius 3 is 2.32 bits per heavy atom. The summed E-state index contributed by atoms with van der Waals surface area (Å²) < 4.78 is 32.9. The van der Waals surface area contributed by atoms with E-state index in [1.807, 2.05) is 19.1 Å². The molecule has 0 aliphatic carbocycles. The lowest BCUT2D eigenvalue weighted by molar-refractivity contribution is 0.00776. The van der Waals surface area contributed by atoms with Crippen LogP contribution in [0.4, 0.5) is 0 Å². The lowest BCUT2D eigenvalue weighted by Crippen LogP contribution is -2.51. The summed E-state index contributed by atoms with van der Waals surface area (Å²) in [6.07, 6.45) is 0. The Morgan fingerprint density at radius 1 is 1.18 bits per heavy atom. The van der Waals surface area contributed by atoms with E-state index in [4.69, 9.17) is 4.74 Å². The molecule has 0 saturated carbocycles. The molecule has 6 heteroatoms. The largest absolute Gasteiger partial charge is 0.379 e. The molecule has 0 bridgehead atoms. The summed E-state index contributed by atoms with van der Waals surface area (Å²) in [5.41, 5.74) is 1.05. The molecule has 0 amide bonds. The first-order valence-electron chi connectivity index (χ1n) is 7.78.